The highest BCUT2D eigenvalue weighted by molar-refractivity contribution is 9.10. The van der Waals surface area contributed by atoms with E-state index in [1.807, 2.05) is 0 Å². The number of hydrogen-bond acceptors (Lipinski definition) is 7. The summed E-state index contributed by atoms with van der Waals surface area (Å²) >= 11 is 3.23. The number of anilines is 1. The summed E-state index contributed by atoms with van der Waals surface area (Å²) in [5.74, 6) is 0. The van der Waals surface area contributed by atoms with Crippen molar-refractivity contribution in [3.8, 4) is 0 Å². The number of aliphatic hydroxyl groups is 1. The lowest BCUT2D eigenvalue weighted by atomic mass is 10.1. The van der Waals surface area contributed by atoms with Crippen LogP contribution in [-0.4, -0.2) is 45.3 Å². The number of aromatic nitrogens is 3. The highest BCUT2D eigenvalue weighted by Crippen LogP contribution is 2.18. The van der Waals surface area contributed by atoms with Gasteiger partial charge in [0.15, 0.2) is 0 Å². The van der Waals surface area contributed by atoms with Crippen molar-refractivity contribution in [3.05, 3.63) is 10.8 Å². The molecular weight excluding hydrogens is 302 g/mol. The van der Waals surface area contributed by atoms with Crippen molar-refractivity contribution in [3.63, 3.8) is 0 Å². The molecule has 0 amide bonds. The molecule has 0 saturated carbocycles. The molecule has 0 aliphatic carbocycles. The maximum atomic E-state index is 9.55. The molecule has 7 nitrogen and oxygen atoms in total. The molecule has 8 heteroatoms. The molecule has 2 atom stereocenters. The number of halogens is 1. The first-order chi connectivity index (χ1) is 8.70. The summed E-state index contributed by atoms with van der Waals surface area (Å²) in [6.07, 6.45) is 1.88. The van der Waals surface area contributed by atoms with E-state index in [2.05, 4.69) is 41.5 Å². The summed E-state index contributed by atoms with van der Waals surface area (Å²) in [5.41, 5.74) is 0.848. The molecule has 0 bridgehead atoms. The van der Waals surface area contributed by atoms with Crippen LogP contribution >= 0.6 is 15.9 Å². The minimum atomic E-state index is -0.342. The van der Waals surface area contributed by atoms with Gasteiger partial charge in [0.25, 0.3) is 11.7 Å². The highest BCUT2D eigenvalue weighted by atomic mass is 79.9. The largest absolute Gasteiger partial charge is 0.403 e. The molecule has 0 unspecified atom stereocenters. The molecule has 1 fully saturated rings. The molecule has 1 saturated heterocycles. The molecule has 1 aliphatic heterocycles. The van der Waals surface area contributed by atoms with Gasteiger partial charge in [-0.05, 0) is 22.4 Å². The lowest BCUT2D eigenvalue weighted by Crippen LogP contribution is -2.45. The van der Waals surface area contributed by atoms with Gasteiger partial charge in [-0.3, -0.25) is 0 Å². The van der Waals surface area contributed by atoms with E-state index in [4.69, 9.17) is 4.42 Å². The Bertz CT molecular complexity index is 560. The topological polar surface area (TPSA) is 96.1 Å². The van der Waals surface area contributed by atoms with E-state index in [-0.39, 0.29) is 12.1 Å². The van der Waals surface area contributed by atoms with Crippen molar-refractivity contribution in [2.45, 2.75) is 18.6 Å². The average molecular weight is 314 g/mol. The van der Waals surface area contributed by atoms with Gasteiger partial charge < -0.3 is 20.2 Å². The van der Waals surface area contributed by atoms with Gasteiger partial charge >= 0.3 is 0 Å². The van der Waals surface area contributed by atoms with Gasteiger partial charge in [0.1, 0.15) is 4.60 Å². The third-order valence-electron chi connectivity index (χ3n) is 2.75. The van der Waals surface area contributed by atoms with Crippen molar-refractivity contribution >= 4 is 33.3 Å². The van der Waals surface area contributed by atoms with Crippen molar-refractivity contribution in [1.82, 2.24) is 20.3 Å². The predicted octanol–water partition coefficient (Wildman–Crippen LogP) is 0.515. The summed E-state index contributed by atoms with van der Waals surface area (Å²) in [7, 11) is 0. The van der Waals surface area contributed by atoms with Crippen molar-refractivity contribution in [1.29, 1.82) is 0 Å². The number of hydrogen-bond donors (Lipinski definition) is 3. The molecule has 0 spiro atoms. The van der Waals surface area contributed by atoms with Gasteiger partial charge in [-0.25, -0.2) is 9.97 Å². The fourth-order valence-electron chi connectivity index (χ4n) is 1.97. The van der Waals surface area contributed by atoms with Crippen LogP contribution in [-0.2, 0) is 0 Å². The average Bonchev–Trinajstić information content (AvgIpc) is 2.70. The maximum Gasteiger partial charge on any atom is 0.298 e. The Hall–Kier alpha value is -1.25. The van der Waals surface area contributed by atoms with Gasteiger partial charge in [0.05, 0.1) is 12.3 Å². The minimum Gasteiger partial charge on any atom is -0.403 e. The zero-order valence-corrected chi connectivity index (χ0v) is 11.0. The number of fused-ring (bicyclic) bond motifs is 1. The van der Waals surface area contributed by atoms with Crippen LogP contribution in [0.3, 0.4) is 0 Å². The lowest BCUT2D eigenvalue weighted by molar-refractivity contribution is 0.136. The number of piperidine rings is 1. The fraction of sp³-hybridized carbons (Fsp3) is 0.500. The summed E-state index contributed by atoms with van der Waals surface area (Å²) in [4.78, 5) is 12.4. The summed E-state index contributed by atoms with van der Waals surface area (Å²) in [6.45, 7) is 1.39. The van der Waals surface area contributed by atoms with Crippen molar-refractivity contribution < 1.29 is 9.52 Å². The third-order valence-corrected chi connectivity index (χ3v) is 3.13. The monoisotopic (exact) mass is 313 g/mol. The Balaban J connectivity index is 1.78. The van der Waals surface area contributed by atoms with Gasteiger partial charge in [-0.2, -0.15) is 4.98 Å². The van der Waals surface area contributed by atoms with Crippen LogP contribution in [0.1, 0.15) is 6.42 Å². The van der Waals surface area contributed by atoms with Crippen molar-refractivity contribution in [2.24, 2.45) is 0 Å². The van der Waals surface area contributed by atoms with Crippen LogP contribution in [0.4, 0.5) is 6.01 Å². The normalized spacial score (nSPS) is 24.3. The third kappa shape index (κ3) is 2.45. The molecule has 1 aliphatic rings. The van der Waals surface area contributed by atoms with E-state index in [9.17, 15) is 5.11 Å². The second-order valence-electron chi connectivity index (χ2n) is 4.23. The van der Waals surface area contributed by atoms with Crippen LogP contribution in [0.15, 0.2) is 15.2 Å². The number of aliphatic hydroxyl groups excluding tert-OH is 1. The standard InChI is InChI=1S/C10H12BrN5O2/c11-7-4-13-9-8(15-7)16-10(18-9)14-5-1-6(17)3-12-2-5/h4-6,12,17H,1-3H2,(H,14,15,16)/t5-,6+/m1/s1. The van der Waals surface area contributed by atoms with Crippen molar-refractivity contribution in [2.75, 3.05) is 18.4 Å². The molecule has 3 rings (SSSR count). The number of nitrogens with zero attached hydrogens (tertiary/aromatic N) is 3. The molecule has 96 valence electrons. The van der Waals surface area contributed by atoms with E-state index in [1.165, 1.54) is 0 Å². The zero-order chi connectivity index (χ0) is 12.5. The molecule has 3 N–H and O–H groups in total. The first-order valence-corrected chi connectivity index (χ1v) is 6.44. The highest BCUT2D eigenvalue weighted by Gasteiger charge is 2.21. The first-order valence-electron chi connectivity index (χ1n) is 5.65. The Morgan fingerprint density at radius 2 is 2.33 bits per heavy atom. The molecule has 2 aromatic rings. The van der Waals surface area contributed by atoms with E-state index in [0.29, 0.717) is 34.9 Å². The van der Waals surface area contributed by atoms with Gasteiger partial charge in [-0.1, -0.05) is 0 Å². The smallest absolute Gasteiger partial charge is 0.298 e. The molecular formula is C10H12BrN5O2. The molecule has 3 heterocycles. The fourth-order valence-corrected chi connectivity index (χ4v) is 2.24. The van der Waals surface area contributed by atoms with Gasteiger partial charge in [-0.15, -0.1) is 0 Å². The van der Waals surface area contributed by atoms with Crippen LogP contribution in [0, 0.1) is 0 Å². The van der Waals surface area contributed by atoms with E-state index >= 15 is 0 Å². The Kier molecular flexibility index (Phi) is 3.14. The number of oxazole rings is 1. The van der Waals surface area contributed by atoms with Crippen LogP contribution in [0.5, 0.6) is 0 Å². The molecule has 2 aromatic heterocycles. The van der Waals surface area contributed by atoms with Gasteiger partial charge in [0, 0.05) is 19.1 Å². The zero-order valence-electron chi connectivity index (χ0n) is 9.43. The molecule has 18 heavy (non-hydrogen) atoms. The quantitative estimate of drug-likeness (QED) is 0.743. The molecule has 0 radical (unpaired) electrons. The van der Waals surface area contributed by atoms with E-state index in [0.717, 1.165) is 6.54 Å². The molecule has 0 aromatic carbocycles. The maximum absolute atomic E-state index is 9.55. The SMILES string of the molecule is O[C@@H]1CNC[C@H](Nc2nc3nc(Br)cnc3o2)C1. The van der Waals surface area contributed by atoms with E-state index in [1.54, 1.807) is 6.20 Å². The Morgan fingerprint density at radius 3 is 3.17 bits per heavy atom. The van der Waals surface area contributed by atoms with Gasteiger partial charge in [0.2, 0.25) is 5.65 Å². The number of nitrogens with one attached hydrogen (secondary N) is 2. The number of β-amino-alcohol motifs (C(OH)–C–C–N with tert-alkyl or cyclic N) is 1. The predicted molar refractivity (Wildman–Crippen MR) is 68.2 cm³/mol. The number of rotatable bonds is 2. The van der Waals surface area contributed by atoms with Crippen LogP contribution in [0.2, 0.25) is 0 Å². The Morgan fingerprint density at radius 1 is 1.44 bits per heavy atom. The first kappa shape index (κ1) is 11.8. The summed E-state index contributed by atoms with van der Waals surface area (Å²) in [6, 6.07) is 0.467. The van der Waals surface area contributed by atoms with Crippen LogP contribution < -0.4 is 10.6 Å². The second kappa shape index (κ2) is 4.79. The second-order valence-corrected chi connectivity index (χ2v) is 5.04. The minimum absolute atomic E-state index is 0.0882. The Labute approximate surface area is 111 Å². The lowest BCUT2D eigenvalue weighted by Gasteiger charge is -2.26. The summed E-state index contributed by atoms with van der Waals surface area (Å²) < 4.78 is 6.05. The van der Waals surface area contributed by atoms with E-state index < -0.39 is 0 Å². The van der Waals surface area contributed by atoms with Crippen LogP contribution in [0.25, 0.3) is 11.4 Å². The summed E-state index contributed by atoms with van der Waals surface area (Å²) in [5, 5.41) is 15.8.